The van der Waals surface area contributed by atoms with Gasteiger partial charge in [-0.25, -0.2) is 9.07 Å². The summed E-state index contributed by atoms with van der Waals surface area (Å²) in [6.07, 6.45) is 0. The molecule has 3 aromatic rings. The summed E-state index contributed by atoms with van der Waals surface area (Å²) in [6.45, 7) is 0. The van der Waals surface area contributed by atoms with Crippen LogP contribution in [0.4, 0.5) is 10.2 Å². The molecule has 0 bridgehead atoms. The third-order valence-corrected chi connectivity index (χ3v) is 3.47. The van der Waals surface area contributed by atoms with E-state index in [9.17, 15) is 9.65 Å². The van der Waals surface area contributed by atoms with Crippen molar-refractivity contribution >= 4 is 17.4 Å². The van der Waals surface area contributed by atoms with Gasteiger partial charge >= 0.3 is 0 Å². The lowest BCUT2D eigenvalue weighted by Gasteiger charge is -2.03. The van der Waals surface area contributed by atoms with Crippen molar-refractivity contribution in [2.24, 2.45) is 0 Å². The predicted molar refractivity (Wildman–Crippen MR) is 83.1 cm³/mol. The third kappa shape index (κ3) is 2.41. The van der Waals surface area contributed by atoms with Crippen molar-refractivity contribution in [3.05, 3.63) is 64.9 Å². The molecule has 0 saturated heterocycles. The van der Waals surface area contributed by atoms with Gasteiger partial charge in [-0.15, -0.1) is 0 Å². The summed E-state index contributed by atoms with van der Waals surface area (Å²) in [5.74, 6) is -0.128. The van der Waals surface area contributed by atoms with Crippen molar-refractivity contribution in [2.75, 3.05) is 5.73 Å². The Morgan fingerprint density at radius 3 is 2.32 bits per heavy atom. The smallest absolute Gasteiger partial charge is 0.145 e. The number of hydrogen-bond acceptors (Lipinski definition) is 3. The van der Waals surface area contributed by atoms with Crippen molar-refractivity contribution in [3.8, 4) is 23.0 Å². The van der Waals surface area contributed by atoms with Gasteiger partial charge in [-0.05, 0) is 48.5 Å². The first-order chi connectivity index (χ1) is 10.6. The van der Waals surface area contributed by atoms with E-state index < -0.39 is 0 Å². The van der Waals surface area contributed by atoms with Crippen LogP contribution < -0.4 is 5.73 Å². The number of halogens is 2. The summed E-state index contributed by atoms with van der Waals surface area (Å²) in [7, 11) is 0. The van der Waals surface area contributed by atoms with Crippen LogP contribution in [0.1, 0.15) is 5.56 Å². The average Bonchev–Trinajstić information content (AvgIpc) is 2.85. The van der Waals surface area contributed by atoms with E-state index in [1.54, 1.807) is 36.4 Å². The molecule has 4 nitrogen and oxygen atoms in total. The summed E-state index contributed by atoms with van der Waals surface area (Å²) >= 11 is 5.86. The van der Waals surface area contributed by atoms with E-state index in [0.717, 1.165) is 0 Å². The van der Waals surface area contributed by atoms with Crippen LogP contribution in [0.15, 0.2) is 48.5 Å². The molecule has 0 aliphatic heterocycles. The second-order valence-electron chi connectivity index (χ2n) is 4.62. The summed E-state index contributed by atoms with van der Waals surface area (Å²) in [5, 5.41) is 14.3. The highest BCUT2D eigenvalue weighted by Gasteiger charge is 2.18. The van der Waals surface area contributed by atoms with Gasteiger partial charge in [0, 0.05) is 10.6 Å². The van der Waals surface area contributed by atoms with E-state index in [-0.39, 0.29) is 17.2 Å². The number of nitrogen functional groups attached to an aromatic ring is 1. The zero-order valence-corrected chi connectivity index (χ0v) is 12.0. The van der Waals surface area contributed by atoms with Crippen molar-refractivity contribution in [1.29, 1.82) is 5.26 Å². The number of benzene rings is 2. The Kier molecular flexibility index (Phi) is 3.53. The van der Waals surface area contributed by atoms with Crippen molar-refractivity contribution < 1.29 is 4.39 Å². The molecule has 6 heteroatoms. The second-order valence-corrected chi connectivity index (χ2v) is 5.05. The number of nitriles is 1. The standard InChI is InChI=1S/C16H10ClFN4/c17-11-3-7-13(8-4-11)22-16(20)14(9-19)15(21-22)10-1-5-12(18)6-2-10/h1-8H,20H2. The lowest BCUT2D eigenvalue weighted by atomic mass is 10.1. The number of aromatic nitrogens is 2. The van der Waals surface area contributed by atoms with E-state index in [2.05, 4.69) is 11.2 Å². The number of rotatable bonds is 2. The largest absolute Gasteiger partial charge is 0.382 e. The molecular weight excluding hydrogens is 303 g/mol. The molecule has 0 unspecified atom stereocenters. The maximum atomic E-state index is 13.0. The van der Waals surface area contributed by atoms with Crippen LogP contribution >= 0.6 is 11.6 Å². The van der Waals surface area contributed by atoms with Crippen LogP contribution in [-0.4, -0.2) is 9.78 Å². The van der Waals surface area contributed by atoms with E-state index in [4.69, 9.17) is 17.3 Å². The summed E-state index contributed by atoms with van der Waals surface area (Å²) in [5.41, 5.74) is 8.00. The van der Waals surface area contributed by atoms with Crippen LogP contribution in [0.5, 0.6) is 0 Å². The molecule has 0 radical (unpaired) electrons. The summed E-state index contributed by atoms with van der Waals surface area (Å²) < 4.78 is 14.5. The lowest BCUT2D eigenvalue weighted by Crippen LogP contribution is -2.02. The van der Waals surface area contributed by atoms with Gasteiger partial charge in [0.2, 0.25) is 0 Å². The lowest BCUT2D eigenvalue weighted by molar-refractivity contribution is 0.628. The first-order valence-electron chi connectivity index (χ1n) is 6.40. The van der Waals surface area contributed by atoms with Crippen LogP contribution in [0.25, 0.3) is 16.9 Å². The van der Waals surface area contributed by atoms with E-state index in [1.807, 2.05) is 0 Å². The fourth-order valence-corrected chi connectivity index (χ4v) is 2.26. The van der Waals surface area contributed by atoms with Crippen LogP contribution in [-0.2, 0) is 0 Å². The number of nitrogens with two attached hydrogens (primary N) is 1. The molecule has 2 aromatic carbocycles. The Hall–Kier alpha value is -2.84. The molecule has 3 rings (SSSR count). The van der Waals surface area contributed by atoms with Gasteiger partial charge in [0.1, 0.15) is 29.0 Å². The Morgan fingerprint density at radius 2 is 1.73 bits per heavy atom. The third-order valence-electron chi connectivity index (χ3n) is 3.22. The fourth-order valence-electron chi connectivity index (χ4n) is 2.13. The predicted octanol–water partition coefficient (Wildman–Crippen LogP) is 3.79. The highest BCUT2D eigenvalue weighted by atomic mass is 35.5. The van der Waals surface area contributed by atoms with Gasteiger partial charge in [0.25, 0.3) is 0 Å². The van der Waals surface area contributed by atoms with Gasteiger partial charge in [-0.1, -0.05) is 11.6 Å². The monoisotopic (exact) mass is 312 g/mol. The molecule has 0 fully saturated rings. The van der Waals surface area contributed by atoms with Gasteiger partial charge < -0.3 is 5.73 Å². The molecular formula is C16H10ClFN4. The molecule has 0 amide bonds. The molecule has 1 heterocycles. The quantitative estimate of drug-likeness (QED) is 0.783. The molecule has 0 spiro atoms. The minimum atomic E-state index is -0.354. The zero-order chi connectivity index (χ0) is 15.7. The molecule has 1 aromatic heterocycles. The highest BCUT2D eigenvalue weighted by molar-refractivity contribution is 6.30. The van der Waals surface area contributed by atoms with Crippen molar-refractivity contribution in [3.63, 3.8) is 0 Å². The van der Waals surface area contributed by atoms with E-state index in [0.29, 0.717) is 22.0 Å². The van der Waals surface area contributed by atoms with Gasteiger partial charge in [0.15, 0.2) is 0 Å². The fraction of sp³-hybridized carbons (Fsp3) is 0. The molecule has 22 heavy (non-hydrogen) atoms. The van der Waals surface area contributed by atoms with Crippen LogP contribution in [0, 0.1) is 17.1 Å². The minimum absolute atomic E-state index is 0.226. The van der Waals surface area contributed by atoms with Crippen LogP contribution in [0.3, 0.4) is 0 Å². The second kappa shape index (κ2) is 5.51. The topological polar surface area (TPSA) is 67.6 Å². The van der Waals surface area contributed by atoms with Gasteiger partial charge in [-0.3, -0.25) is 0 Å². The van der Waals surface area contributed by atoms with E-state index in [1.165, 1.54) is 16.8 Å². The number of hydrogen-bond donors (Lipinski definition) is 1. The maximum absolute atomic E-state index is 13.0. The number of anilines is 1. The normalized spacial score (nSPS) is 10.4. The molecule has 0 aliphatic rings. The van der Waals surface area contributed by atoms with Crippen molar-refractivity contribution in [1.82, 2.24) is 9.78 Å². The van der Waals surface area contributed by atoms with Gasteiger partial charge in [0.05, 0.1) is 5.69 Å². The number of nitrogens with zero attached hydrogens (tertiary/aromatic N) is 3. The first-order valence-corrected chi connectivity index (χ1v) is 6.78. The van der Waals surface area contributed by atoms with Crippen LogP contribution in [0.2, 0.25) is 5.02 Å². The summed E-state index contributed by atoms with van der Waals surface area (Å²) in [4.78, 5) is 0. The summed E-state index contributed by atoms with van der Waals surface area (Å²) in [6, 6.07) is 14.7. The highest BCUT2D eigenvalue weighted by Crippen LogP contribution is 2.29. The Morgan fingerprint density at radius 1 is 1.09 bits per heavy atom. The molecule has 0 saturated carbocycles. The van der Waals surface area contributed by atoms with Gasteiger partial charge in [-0.2, -0.15) is 10.4 Å². The minimum Gasteiger partial charge on any atom is -0.382 e. The molecule has 108 valence electrons. The SMILES string of the molecule is N#Cc1c(-c2ccc(F)cc2)nn(-c2ccc(Cl)cc2)c1N. The molecule has 0 aliphatic carbocycles. The zero-order valence-electron chi connectivity index (χ0n) is 11.3. The Bertz CT molecular complexity index is 861. The van der Waals surface area contributed by atoms with E-state index >= 15 is 0 Å². The Balaban J connectivity index is 2.17. The van der Waals surface area contributed by atoms with Crippen molar-refractivity contribution in [2.45, 2.75) is 0 Å². The molecule has 0 atom stereocenters. The molecule has 2 N–H and O–H groups in total. The maximum Gasteiger partial charge on any atom is 0.145 e. The first kappa shape index (κ1) is 14.1. The average molecular weight is 313 g/mol. The Labute approximate surface area is 131 Å².